The molecule has 0 aliphatic heterocycles. The maximum atomic E-state index is 13.6. The molecule has 1 aromatic rings. The Morgan fingerprint density at radius 3 is 2.69 bits per heavy atom. The number of hydrogen-bond acceptors (Lipinski definition) is 4. The van der Waals surface area contributed by atoms with E-state index in [0.29, 0.717) is 0 Å². The minimum Gasteiger partial charge on any atom is -0.390 e. The molecule has 5 heteroatoms. The van der Waals surface area contributed by atoms with Crippen LogP contribution in [0.5, 0.6) is 0 Å². The van der Waals surface area contributed by atoms with E-state index in [1.807, 2.05) is 0 Å². The van der Waals surface area contributed by atoms with E-state index >= 15 is 0 Å². The molecule has 0 fully saturated rings. The number of halogens is 1. The zero-order valence-electron chi connectivity index (χ0n) is 8.60. The van der Waals surface area contributed by atoms with Gasteiger partial charge in [-0.3, -0.25) is 0 Å². The lowest BCUT2D eigenvalue weighted by atomic mass is 9.99. The Labute approximate surface area is 92.7 Å². The first-order chi connectivity index (χ1) is 7.61. The summed E-state index contributed by atoms with van der Waals surface area (Å²) in [6.45, 7) is 0.192. The van der Waals surface area contributed by atoms with Crippen LogP contribution in [-0.2, 0) is 0 Å². The third kappa shape index (κ3) is 2.55. The molecule has 16 heavy (non-hydrogen) atoms. The van der Waals surface area contributed by atoms with Gasteiger partial charge in [0.2, 0.25) is 0 Å². The van der Waals surface area contributed by atoms with Gasteiger partial charge >= 0.3 is 0 Å². The van der Waals surface area contributed by atoms with E-state index in [2.05, 4.69) is 0 Å². The highest BCUT2D eigenvalue weighted by Crippen LogP contribution is 2.23. The first-order valence-corrected chi connectivity index (χ1v) is 4.86. The average molecular weight is 224 g/mol. The Kier molecular flexibility index (Phi) is 4.38. The van der Waals surface area contributed by atoms with Gasteiger partial charge in [-0.05, 0) is 19.0 Å². The van der Waals surface area contributed by atoms with E-state index in [9.17, 15) is 14.6 Å². The molecule has 4 nitrogen and oxygen atoms in total. The maximum Gasteiger partial charge on any atom is 0.146 e. The minimum atomic E-state index is -1.36. The molecule has 2 atom stereocenters. The smallest absolute Gasteiger partial charge is 0.146 e. The SMILES string of the molecule is N#Cc1cccc(C(O)C(O)CCN)c1F. The number of hydrogen-bond donors (Lipinski definition) is 3. The minimum absolute atomic E-state index is 0.0833. The molecule has 0 spiro atoms. The number of aliphatic hydroxyl groups is 2. The van der Waals surface area contributed by atoms with E-state index in [0.717, 1.165) is 0 Å². The van der Waals surface area contributed by atoms with Crippen molar-refractivity contribution >= 4 is 0 Å². The lowest BCUT2D eigenvalue weighted by Gasteiger charge is -2.18. The highest BCUT2D eigenvalue weighted by molar-refractivity contribution is 5.36. The van der Waals surface area contributed by atoms with Crippen molar-refractivity contribution in [3.8, 4) is 6.07 Å². The van der Waals surface area contributed by atoms with Crippen molar-refractivity contribution in [3.05, 3.63) is 35.1 Å². The Balaban J connectivity index is 3.00. The molecule has 4 N–H and O–H groups in total. The van der Waals surface area contributed by atoms with Gasteiger partial charge < -0.3 is 15.9 Å². The van der Waals surface area contributed by atoms with Crippen LogP contribution in [0.4, 0.5) is 4.39 Å². The van der Waals surface area contributed by atoms with Gasteiger partial charge in [0.1, 0.15) is 18.0 Å². The fraction of sp³-hybridized carbons (Fsp3) is 0.364. The molecule has 0 saturated carbocycles. The zero-order valence-corrected chi connectivity index (χ0v) is 8.60. The average Bonchev–Trinajstić information content (AvgIpc) is 2.29. The zero-order chi connectivity index (χ0) is 12.1. The highest BCUT2D eigenvalue weighted by Gasteiger charge is 2.22. The summed E-state index contributed by atoms with van der Waals surface area (Å²) in [6.07, 6.45) is -2.33. The van der Waals surface area contributed by atoms with Crippen LogP contribution in [0.2, 0.25) is 0 Å². The summed E-state index contributed by atoms with van der Waals surface area (Å²) >= 11 is 0. The molecule has 0 aliphatic carbocycles. The van der Waals surface area contributed by atoms with Crippen LogP contribution in [-0.4, -0.2) is 22.9 Å². The Morgan fingerprint density at radius 2 is 2.12 bits per heavy atom. The monoisotopic (exact) mass is 224 g/mol. The van der Waals surface area contributed by atoms with Crippen molar-refractivity contribution < 1.29 is 14.6 Å². The van der Waals surface area contributed by atoms with Crippen LogP contribution < -0.4 is 5.73 Å². The van der Waals surface area contributed by atoms with Gasteiger partial charge in [-0.1, -0.05) is 12.1 Å². The summed E-state index contributed by atoms with van der Waals surface area (Å²) in [7, 11) is 0. The quantitative estimate of drug-likeness (QED) is 0.692. The van der Waals surface area contributed by atoms with E-state index in [-0.39, 0.29) is 24.1 Å². The number of nitriles is 1. The summed E-state index contributed by atoms with van der Waals surface area (Å²) in [5.41, 5.74) is 4.98. The lowest BCUT2D eigenvalue weighted by molar-refractivity contribution is 0.0129. The van der Waals surface area contributed by atoms with Crippen molar-refractivity contribution in [2.45, 2.75) is 18.6 Å². The fourth-order valence-electron chi connectivity index (χ4n) is 1.40. The molecule has 0 aliphatic rings. The van der Waals surface area contributed by atoms with E-state index in [4.69, 9.17) is 11.0 Å². The van der Waals surface area contributed by atoms with E-state index < -0.39 is 18.0 Å². The third-order valence-electron chi connectivity index (χ3n) is 2.29. The molecule has 0 amide bonds. The second-order valence-corrected chi connectivity index (χ2v) is 3.41. The van der Waals surface area contributed by atoms with Crippen molar-refractivity contribution in [1.29, 1.82) is 5.26 Å². The van der Waals surface area contributed by atoms with Gasteiger partial charge in [-0.15, -0.1) is 0 Å². The first kappa shape index (κ1) is 12.6. The number of nitrogens with zero attached hydrogens (tertiary/aromatic N) is 1. The topological polar surface area (TPSA) is 90.3 Å². The molecular formula is C11H13FN2O2. The second-order valence-electron chi connectivity index (χ2n) is 3.41. The first-order valence-electron chi connectivity index (χ1n) is 4.86. The van der Waals surface area contributed by atoms with Crippen LogP contribution in [0.1, 0.15) is 23.7 Å². The summed E-state index contributed by atoms with van der Waals surface area (Å²) in [6, 6.07) is 5.76. The van der Waals surface area contributed by atoms with Gasteiger partial charge in [0, 0.05) is 5.56 Å². The van der Waals surface area contributed by atoms with E-state index in [1.165, 1.54) is 18.2 Å². The Hall–Kier alpha value is -1.48. The largest absolute Gasteiger partial charge is 0.390 e. The van der Waals surface area contributed by atoms with Crippen molar-refractivity contribution in [2.24, 2.45) is 5.73 Å². The van der Waals surface area contributed by atoms with Crippen LogP contribution in [0, 0.1) is 17.1 Å². The van der Waals surface area contributed by atoms with Crippen molar-refractivity contribution in [1.82, 2.24) is 0 Å². The van der Waals surface area contributed by atoms with Crippen LogP contribution in [0.25, 0.3) is 0 Å². The highest BCUT2D eigenvalue weighted by atomic mass is 19.1. The van der Waals surface area contributed by atoms with E-state index in [1.54, 1.807) is 6.07 Å². The Morgan fingerprint density at radius 1 is 1.44 bits per heavy atom. The molecule has 2 unspecified atom stereocenters. The van der Waals surface area contributed by atoms with Gasteiger partial charge in [-0.25, -0.2) is 4.39 Å². The van der Waals surface area contributed by atoms with Crippen molar-refractivity contribution in [2.75, 3.05) is 6.54 Å². The van der Waals surface area contributed by atoms with Gasteiger partial charge in [0.15, 0.2) is 0 Å². The van der Waals surface area contributed by atoms with Gasteiger partial charge in [-0.2, -0.15) is 5.26 Å². The summed E-state index contributed by atoms with van der Waals surface area (Å²) < 4.78 is 13.6. The maximum absolute atomic E-state index is 13.6. The summed E-state index contributed by atoms with van der Waals surface area (Å²) in [5, 5.41) is 27.8. The molecule has 0 saturated heterocycles. The van der Waals surface area contributed by atoms with Crippen LogP contribution >= 0.6 is 0 Å². The Bertz CT molecular complexity index is 403. The molecular weight excluding hydrogens is 211 g/mol. The lowest BCUT2D eigenvalue weighted by Crippen LogP contribution is -2.22. The summed E-state index contributed by atoms with van der Waals surface area (Å²) in [4.78, 5) is 0. The van der Waals surface area contributed by atoms with Crippen molar-refractivity contribution in [3.63, 3.8) is 0 Å². The fourth-order valence-corrected chi connectivity index (χ4v) is 1.40. The molecule has 0 bridgehead atoms. The third-order valence-corrected chi connectivity index (χ3v) is 2.29. The van der Waals surface area contributed by atoms with Gasteiger partial charge in [0.05, 0.1) is 11.7 Å². The molecule has 0 radical (unpaired) electrons. The predicted octanol–water partition coefficient (Wildman–Crippen LogP) is 0.440. The normalized spacial score (nSPS) is 14.2. The van der Waals surface area contributed by atoms with Gasteiger partial charge in [0.25, 0.3) is 0 Å². The summed E-state index contributed by atoms with van der Waals surface area (Å²) in [5.74, 6) is -0.798. The molecule has 1 rings (SSSR count). The molecule has 0 aromatic heterocycles. The second kappa shape index (κ2) is 5.56. The standard InChI is InChI=1S/C11H13FN2O2/c12-10-7(6-14)2-1-3-8(10)11(16)9(15)4-5-13/h1-3,9,11,15-16H,4-5,13H2. The van der Waals surface area contributed by atoms with Crippen LogP contribution in [0.3, 0.4) is 0 Å². The number of benzene rings is 1. The molecule has 1 aromatic carbocycles. The number of aliphatic hydroxyl groups excluding tert-OH is 2. The molecule has 86 valence electrons. The number of rotatable bonds is 4. The predicted molar refractivity (Wildman–Crippen MR) is 55.8 cm³/mol. The van der Waals surface area contributed by atoms with Crippen LogP contribution in [0.15, 0.2) is 18.2 Å². The molecule has 0 heterocycles. The number of nitrogens with two attached hydrogens (primary N) is 1.